The zero-order chi connectivity index (χ0) is 22.3. The van der Waals surface area contributed by atoms with Gasteiger partial charge in [0.05, 0.1) is 31.5 Å². The SMILES string of the molecule is CCCCCCSC1=C(SCCCCCC)SC(=C2SC(SC)=C(SCCC#N)S2)S1. The molecule has 0 saturated heterocycles. The van der Waals surface area contributed by atoms with Crippen LogP contribution in [0.1, 0.15) is 71.6 Å². The summed E-state index contributed by atoms with van der Waals surface area (Å²) in [7, 11) is 0. The Morgan fingerprint density at radius 1 is 0.645 bits per heavy atom. The topological polar surface area (TPSA) is 23.8 Å². The number of nitrogens with zero attached hydrogens (tertiary/aromatic N) is 1. The maximum Gasteiger partial charge on any atom is 0.0717 e. The maximum atomic E-state index is 8.86. The number of unbranched alkanes of at least 4 members (excludes halogenated alkanes) is 6. The summed E-state index contributed by atoms with van der Waals surface area (Å²) in [5, 5.41) is 8.86. The lowest BCUT2D eigenvalue weighted by Gasteiger charge is -2.05. The van der Waals surface area contributed by atoms with Gasteiger partial charge in [0.15, 0.2) is 0 Å². The van der Waals surface area contributed by atoms with Crippen LogP contribution in [-0.2, 0) is 0 Å². The summed E-state index contributed by atoms with van der Waals surface area (Å²) >= 11 is 15.8. The Hall–Kier alpha value is 1.51. The van der Waals surface area contributed by atoms with Gasteiger partial charge < -0.3 is 0 Å². The summed E-state index contributed by atoms with van der Waals surface area (Å²) < 4.78 is 8.81. The van der Waals surface area contributed by atoms with Crippen molar-refractivity contribution in [2.45, 2.75) is 71.6 Å². The normalized spacial score (nSPS) is 16.7. The van der Waals surface area contributed by atoms with Crippen LogP contribution in [0.3, 0.4) is 0 Å². The number of hydrogen-bond donors (Lipinski definition) is 0. The van der Waals surface area contributed by atoms with Gasteiger partial charge in [0, 0.05) is 12.2 Å². The van der Waals surface area contributed by atoms with E-state index in [0.29, 0.717) is 6.42 Å². The highest BCUT2D eigenvalue weighted by molar-refractivity contribution is 8.45. The summed E-state index contributed by atoms with van der Waals surface area (Å²) in [6, 6.07) is 2.27. The fraction of sp³-hybridized carbons (Fsp3) is 0.682. The largest absolute Gasteiger partial charge is 0.198 e. The van der Waals surface area contributed by atoms with Crippen molar-refractivity contribution in [2.75, 3.05) is 23.5 Å². The van der Waals surface area contributed by atoms with Crippen molar-refractivity contribution in [1.82, 2.24) is 0 Å². The van der Waals surface area contributed by atoms with Crippen LogP contribution in [0, 0.1) is 11.3 Å². The number of nitriles is 1. The molecule has 0 unspecified atom stereocenters. The second-order valence-corrected chi connectivity index (χ2v) is 16.7. The molecule has 2 rings (SSSR count). The highest BCUT2D eigenvalue weighted by atomic mass is 32.3. The molecule has 31 heavy (non-hydrogen) atoms. The van der Waals surface area contributed by atoms with Crippen LogP contribution in [0.4, 0.5) is 0 Å². The molecule has 0 atom stereocenters. The molecule has 2 heterocycles. The van der Waals surface area contributed by atoms with Gasteiger partial charge in [0.1, 0.15) is 0 Å². The van der Waals surface area contributed by atoms with Crippen LogP contribution < -0.4 is 0 Å². The average molecular weight is 568 g/mol. The first-order chi connectivity index (χ1) is 15.2. The van der Waals surface area contributed by atoms with E-state index in [9.17, 15) is 0 Å². The van der Waals surface area contributed by atoms with Crippen LogP contribution in [0.2, 0.25) is 0 Å². The standard InChI is InChI=1S/C22H33NS8/c1-4-6-8-10-14-25-19-20(26-15-11-9-7-5-2)31-22(30-19)21-28-17(24-3)18(29-21)27-16-12-13-23/h4-12,14-16H2,1-3H3. The Kier molecular flexibility index (Phi) is 16.6. The van der Waals surface area contributed by atoms with E-state index >= 15 is 0 Å². The minimum absolute atomic E-state index is 0.621. The predicted octanol–water partition coefficient (Wildman–Crippen LogP) is 11.0. The number of rotatable bonds is 16. The summed E-state index contributed by atoms with van der Waals surface area (Å²) in [6.45, 7) is 4.57. The molecule has 1 nitrogen and oxygen atoms in total. The molecule has 9 heteroatoms. The van der Waals surface area contributed by atoms with Crippen molar-refractivity contribution in [1.29, 1.82) is 5.26 Å². The quantitative estimate of drug-likeness (QED) is 0.168. The molecular formula is C22H33NS8. The van der Waals surface area contributed by atoms with Gasteiger partial charge >= 0.3 is 0 Å². The van der Waals surface area contributed by atoms with E-state index in [2.05, 4.69) is 49.7 Å². The van der Waals surface area contributed by atoms with Crippen LogP contribution in [0.25, 0.3) is 0 Å². The lowest BCUT2D eigenvalue weighted by Crippen LogP contribution is -1.83. The van der Waals surface area contributed by atoms with Gasteiger partial charge in [-0.25, -0.2) is 0 Å². The number of hydrogen-bond acceptors (Lipinski definition) is 9. The molecule has 0 bridgehead atoms. The molecule has 0 fully saturated rings. The average Bonchev–Trinajstić information content (AvgIpc) is 3.37. The Labute approximate surface area is 224 Å². The Morgan fingerprint density at radius 3 is 1.55 bits per heavy atom. The van der Waals surface area contributed by atoms with Gasteiger partial charge in [-0.15, -0.1) is 47.0 Å². The third-order valence-electron chi connectivity index (χ3n) is 4.34. The monoisotopic (exact) mass is 567 g/mol. The molecule has 0 N–H and O–H groups in total. The summed E-state index contributed by atoms with van der Waals surface area (Å²) in [5.41, 5.74) is 0. The molecule has 0 aromatic carbocycles. The van der Waals surface area contributed by atoms with E-state index in [1.807, 2.05) is 70.6 Å². The van der Waals surface area contributed by atoms with Gasteiger partial charge in [-0.2, -0.15) is 5.26 Å². The van der Waals surface area contributed by atoms with Gasteiger partial charge in [0.25, 0.3) is 0 Å². The van der Waals surface area contributed by atoms with E-state index in [0.717, 1.165) is 5.75 Å². The first-order valence-corrected chi connectivity index (χ1v) is 18.4. The molecule has 0 aromatic rings. The van der Waals surface area contributed by atoms with Gasteiger partial charge in [-0.1, -0.05) is 99.4 Å². The van der Waals surface area contributed by atoms with Gasteiger partial charge in [-0.3, -0.25) is 0 Å². The zero-order valence-electron chi connectivity index (χ0n) is 18.7. The fourth-order valence-electron chi connectivity index (χ4n) is 2.68. The summed E-state index contributed by atoms with van der Waals surface area (Å²) in [4.78, 5) is 0. The van der Waals surface area contributed by atoms with E-state index in [-0.39, 0.29) is 0 Å². The number of thioether (sulfide) groups is 8. The zero-order valence-corrected chi connectivity index (χ0v) is 25.2. The molecule has 2 aliphatic heterocycles. The maximum absolute atomic E-state index is 8.86. The van der Waals surface area contributed by atoms with Crippen LogP contribution in [0.5, 0.6) is 0 Å². The fourth-order valence-corrected chi connectivity index (χ4v) is 14.3. The molecular weight excluding hydrogens is 535 g/mol. The van der Waals surface area contributed by atoms with Gasteiger partial charge in [-0.05, 0) is 30.6 Å². The molecule has 0 radical (unpaired) electrons. The predicted molar refractivity (Wildman–Crippen MR) is 161 cm³/mol. The second-order valence-electron chi connectivity index (χ2n) is 6.91. The van der Waals surface area contributed by atoms with E-state index < -0.39 is 0 Å². The molecule has 0 aromatic heterocycles. The Morgan fingerprint density at radius 2 is 1.10 bits per heavy atom. The molecule has 0 spiro atoms. The second kappa shape index (κ2) is 17.9. The molecule has 0 saturated carbocycles. The molecule has 174 valence electrons. The van der Waals surface area contributed by atoms with Crippen LogP contribution in [-0.4, -0.2) is 23.5 Å². The lowest BCUT2D eigenvalue weighted by molar-refractivity contribution is 0.707. The minimum atomic E-state index is 0.621. The van der Waals surface area contributed by atoms with Crippen molar-refractivity contribution in [3.8, 4) is 6.07 Å². The van der Waals surface area contributed by atoms with Crippen molar-refractivity contribution in [3.05, 3.63) is 25.4 Å². The van der Waals surface area contributed by atoms with Crippen LogP contribution in [0.15, 0.2) is 25.4 Å². The molecule has 0 aliphatic carbocycles. The third-order valence-corrected chi connectivity index (χ3v) is 15.9. The highest BCUT2D eigenvalue weighted by Crippen LogP contribution is 2.66. The van der Waals surface area contributed by atoms with E-state index in [1.54, 1.807) is 8.47 Å². The Bertz CT molecular complexity index is 664. The van der Waals surface area contributed by atoms with Crippen LogP contribution >= 0.6 is 94.1 Å². The summed E-state index contributed by atoms with van der Waals surface area (Å²) in [6.07, 6.45) is 13.5. The van der Waals surface area contributed by atoms with Crippen molar-refractivity contribution in [3.63, 3.8) is 0 Å². The highest BCUT2D eigenvalue weighted by Gasteiger charge is 2.30. The first-order valence-electron chi connectivity index (χ1n) is 11.0. The minimum Gasteiger partial charge on any atom is -0.198 e. The van der Waals surface area contributed by atoms with Gasteiger partial charge in [0.2, 0.25) is 0 Å². The van der Waals surface area contributed by atoms with E-state index in [4.69, 9.17) is 5.26 Å². The lowest BCUT2D eigenvalue weighted by atomic mass is 10.2. The third kappa shape index (κ3) is 10.8. The van der Waals surface area contributed by atoms with Crippen molar-refractivity contribution in [2.24, 2.45) is 0 Å². The van der Waals surface area contributed by atoms with Crippen molar-refractivity contribution >= 4 is 94.1 Å². The Balaban J connectivity index is 1.97. The molecule has 0 amide bonds. The molecule has 2 aliphatic rings. The van der Waals surface area contributed by atoms with Crippen molar-refractivity contribution < 1.29 is 0 Å². The first kappa shape index (κ1) is 28.7. The smallest absolute Gasteiger partial charge is 0.0717 e. The summed E-state index contributed by atoms with van der Waals surface area (Å²) in [5.74, 6) is 3.38. The van der Waals surface area contributed by atoms with E-state index in [1.165, 1.54) is 79.8 Å².